The molecule has 88 valence electrons. The Kier molecular flexibility index (Phi) is 2.57. The number of nitrogens with one attached hydrogen (secondary N) is 1. The van der Waals surface area contributed by atoms with Crippen LogP contribution in [0.5, 0.6) is 0 Å². The molecular formula is C13H18ClNO. The van der Waals surface area contributed by atoms with Crippen molar-refractivity contribution >= 4 is 17.4 Å². The average Bonchev–Trinajstić information content (AvgIpc) is 2.25. The van der Waals surface area contributed by atoms with Crippen molar-refractivity contribution in [2.75, 3.05) is 0 Å². The van der Waals surface area contributed by atoms with E-state index in [1.807, 2.05) is 0 Å². The fourth-order valence-electron chi connectivity index (χ4n) is 1.37. The maximum Gasteiger partial charge on any atom is 0.179 e. The SMILES string of the molecule is [2H]C([2H])([2H])C(C)(C)N[C@@]([2H])(C)C(=O)c1cccc(Cl)c1. The molecular weight excluding hydrogens is 222 g/mol. The summed E-state index contributed by atoms with van der Waals surface area (Å²) in [5.74, 6) is -0.530. The van der Waals surface area contributed by atoms with E-state index in [9.17, 15) is 4.79 Å². The molecule has 1 aromatic carbocycles. The van der Waals surface area contributed by atoms with Gasteiger partial charge in [-0.25, -0.2) is 0 Å². The minimum Gasteiger partial charge on any atom is -0.303 e. The Labute approximate surface area is 108 Å². The maximum atomic E-state index is 12.3. The zero-order valence-electron chi connectivity index (χ0n) is 13.6. The number of carbonyl (C=O) groups is 1. The van der Waals surface area contributed by atoms with Gasteiger partial charge in [0.15, 0.2) is 5.78 Å². The summed E-state index contributed by atoms with van der Waals surface area (Å²) in [7, 11) is 0. The topological polar surface area (TPSA) is 29.1 Å². The van der Waals surface area contributed by atoms with Crippen LogP contribution in [0, 0.1) is 0 Å². The summed E-state index contributed by atoms with van der Waals surface area (Å²) in [6.45, 7) is 1.89. The number of ketones is 1. The third-order valence-corrected chi connectivity index (χ3v) is 2.16. The van der Waals surface area contributed by atoms with E-state index in [1.165, 1.54) is 26.8 Å². The minimum absolute atomic E-state index is 0.267. The summed E-state index contributed by atoms with van der Waals surface area (Å²) >= 11 is 5.82. The summed E-state index contributed by atoms with van der Waals surface area (Å²) in [4.78, 5) is 12.3. The van der Waals surface area contributed by atoms with E-state index in [0.717, 1.165) is 0 Å². The van der Waals surface area contributed by atoms with Crippen molar-refractivity contribution < 1.29 is 10.3 Å². The minimum atomic E-state index is -2.33. The van der Waals surface area contributed by atoms with Gasteiger partial charge in [0.05, 0.1) is 7.39 Å². The van der Waals surface area contributed by atoms with Gasteiger partial charge in [0.1, 0.15) is 0 Å². The second kappa shape index (κ2) is 4.98. The lowest BCUT2D eigenvalue weighted by atomic mass is 10.0. The fourth-order valence-corrected chi connectivity index (χ4v) is 1.56. The van der Waals surface area contributed by atoms with E-state index >= 15 is 0 Å². The van der Waals surface area contributed by atoms with Gasteiger partial charge in [-0.2, -0.15) is 0 Å². The Morgan fingerprint density at radius 3 is 2.88 bits per heavy atom. The third-order valence-electron chi connectivity index (χ3n) is 1.93. The highest BCUT2D eigenvalue weighted by atomic mass is 35.5. The van der Waals surface area contributed by atoms with Crippen LogP contribution in [-0.4, -0.2) is 17.3 Å². The summed E-state index contributed by atoms with van der Waals surface area (Å²) in [5, 5.41) is 2.99. The van der Waals surface area contributed by atoms with Gasteiger partial charge in [0.2, 0.25) is 0 Å². The molecule has 0 heterocycles. The summed E-state index contributed by atoms with van der Waals surface area (Å²) in [6.07, 6.45) is 0. The van der Waals surface area contributed by atoms with Crippen LogP contribution in [0.15, 0.2) is 24.3 Å². The number of halogens is 1. The molecule has 0 saturated heterocycles. The van der Waals surface area contributed by atoms with E-state index in [0.29, 0.717) is 5.02 Å². The Balaban J connectivity index is 3.02. The van der Waals surface area contributed by atoms with Gasteiger partial charge in [-0.3, -0.25) is 4.79 Å². The highest BCUT2D eigenvalue weighted by molar-refractivity contribution is 6.31. The molecule has 0 aromatic heterocycles. The smallest absolute Gasteiger partial charge is 0.179 e. The first-order valence-corrected chi connectivity index (χ1v) is 5.34. The lowest BCUT2D eigenvalue weighted by Crippen LogP contribution is -2.46. The van der Waals surface area contributed by atoms with E-state index < -0.39 is 24.2 Å². The normalized spacial score (nSPS) is 20.0. The number of Topliss-reactive ketones (excluding diaryl/α,β-unsaturated/α-hetero) is 1. The van der Waals surface area contributed by atoms with E-state index in [4.69, 9.17) is 17.1 Å². The highest BCUT2D eigenvalue weighted by Crippen LogP contribution is 2.13. The Bertz CT molecular complexity index is 511. The monoisotopic (exact) mass is 243 g/mol. The Hall–Kier alpha value is -0.860. The van der Waals surface area contributed by atoms with Gasteiger partial charge in [0.25, 0.3) is 0 Å². The lowest BCUT2D eigenvalue weighted by molar-refractivity contribution is 0.0936. The van der Waals surface area contributed by atoms with Crippen LogP contribution in [0.4, 0.5) is 0 Å². The fraction of sp³-hybridized carbons (Fsp3) is 0.462. The number of carbonyl (C=O) groups excluding carboxylic acids is 1. The van der Waals surface area contributed by atoms with Gasteiger partial charge in [0, 0.05) is 20.2 Å². The molecule has 0 spiro atoms. The van der Waals surface area contributed by atoms with Crippen LogP contribution in [0.2, 0.25) is 5.02 Å². The van der Waals surface area contributed by atoms with Crippen molar-refractivity contribution in [3.05, 3.63) is 34.9 Å². The van der Waals surface area contributed by atoms with E-state index in [2.05, 4.69) is 5.32 Å². The molecule has 0 amide bonds. The first-order chi connectivity index (χ1) is 8.87. The Morgan fingerprint density at radius 1 is 1.62 bits per heavy atom. The summed E-state index contributed by atoms with van der Waals surface area (Å²) in [5.41, 5.74) is -1.10. The highest BCUT2D eigenvalue weighted by Gasteiger charge is 2.20. The number of hydrogen-bond donors (Lipinski definition) is 1. The molecule has 1 rings (SSSR count). The zero-order chi connectivity index (χ0) is 15.8. The third kappa shape index (κ3) is 3.95. The first-order valence-electron chi connectivity index (χ1n) is 6.96. The van der Waals surface area contributed by atoms with Crippen LogP contribution in [-0.2, 0) is 0 Å². The van der Waals surface area contributed by atoms with Crippen molar-refractivity contribution in [3.63, 3.8) is 0 Å². The number of hydrogen-bond acceptors (Lipinski definition) is 2. The molecule has 16 heavy (non-hydrogen) atoms. The second-order valence-corrected chi connectivity index (χ2v) is 4.65. The molecule has 0 aliphatic rings. The molecule has 0 unspecified atom stereocenters. The van der Waals surface area contributed by atoms with Gasteiger partial charge in [-0.15, -0.1) is 0 Å². The largest absolute Gasteiger partial charge is 0.303 e. The second-order valence-electron chi connectivity index (χ2n) is 4.21. The molecule has 0 bridgehead atoms. The molecule has 2 nitrogen and oxygen atoms in total. The van der Waals surface area contributed by atoms with Gasteiger partial charge in [-0.05, 0) is 39.8 Å². The summed E-state index contributed by atoms with van der Waals surface area (Å²) in [6, 6.07) is 4.48. The van der Waals surface area contributed by atoms with Crippen molar-refractivity contribution in [2.24, 2.45) is 0 Å². The summed E-state index contributed by atoms with van der Waals surface area (Å²) < 4.78 is 30.5. The van der Waals surface area contributed by atoms with Crippen molar-refractivity contribution in [1.29, 1.82) is 0 Å². The molecule has 1 atom stereocenters. The Morgan fingerprint density at radius 2 is 2.31 bits per heavy atom. The van der Waals surface area contributed by atoms with Crippen LogP contribution in [0.25, 0.3) is 0 Å². The van der Waals surface area contributed by atoms with Crippen molar-refractivity contribution in [1.82, 2.24) is 5.32 Å². The quantitative estimate of drug-likeness (QED) is 0.826. The number of benzene rings is 1. The van der Waals surface area contributed by atoms with Crippen molar-refractivity contribution in [3.8, 4) is 0 Å². The maximum absolute atomic E-state index is 12.3. The standard InChI is InChI=1S/C13H18ClNO/c1-9(15-13(2,3)4)12(16)10-6-5-7-11(14)8-10/h5-9,15H,1-4H3/t9-/m0/s1/i2D3,9D. The molecule has 1 aromatic rings. The van der Waals surface area contributed by atoms with Gasteiger partial charge in [-0.1, -0.05) is 23.7 Å². The van der Waals surface area contributed by atoms with E-state index in [-0.39, 0.29) is 5.56 Å². The molecule has 0 saturated carbocycles. The average molecular weight is 244 g/mol. The molecule has 0 aliphatic carbocycles. The van der Waals surface area contributed by atoms with E-state index in [1.54, 1.807) is 18.2 Å². The first kappa shape index (κ1) is 8.26. The molecule has 1 N–H and O–H groups in total. The zero-order valence-corrected chi connectivity index (χ0v) is 10.4. The lowest BCUT2D eigenvalue weighted by Gasteiger charge is -2.25. The molecule has 0 radical (unpaired) electrons. The van der Waals surface area contributed by atoms with Crippen LogP contribution >= 0.6 is 11.6 Å². The van der Waals surface area contributed by atoms with Crippen molar-refractivity contribution in [2.45, 2.75) is 39.2 Å². The number of rotatable bonds is 3. The predicted octanol–water partition coefficient (Wildman–Crippen LogP) is 3.30. The molecule has 3 heteroatoms. The van der Waals surface area contributed by atoms with Crippen LogP contribution in [0.3, 0.4) is 0 Å². The van der Waals surface area contributed by atoms with Crippen LogP contribution < -0.4 is 5.32 Å². The molecule has 0 aliphatic heterocycles. The van der Waals surface area contributed by atoms with Gasteiger partial charge < -0.3 is 5.32 Å². The van der Waals surface area contributed by atoms with Gasteiger partial charge >= 0.3 is 0 Å². The van der Waals surface area contributed by atoms with Crippen LogP contribution in [0.1, 0.15) is 43.5 Å². The predicted molar refractivity (Wildman–Crippen MR) is 68.1 cm³/mol. The molecule has 0 fully saturated rings.